The Morgan fingerprint density at radius 2 is 1.52 bits per heavy atom. The van der Waals surface area contributed by atoms with E-state index in [1.54, 1.807) is 0 Å². The second-order valence-electron chi connectivity index (χ2n) is 4.72. The van der Waals surface area contributed by atoms with Crippen molar-refractivity contribution in [2.45, 2.75) is 27.0 Å². The van der Waals surface area contributed by atoms with Crippen LogP contribution in [0.25, 0.3) is 0 Å². The summed E-state index contributed by atoms with van der Waals surface area (Å²) in [4.78, 5) is 2.21. The number of anilines is 1. The first kappa shape index (κ1) is 15.2. The normalized spacial score (nSPS) is 11.8. The molecule has 1 unspecified atom stereocenters. The van der Waals surface area contributed by atoms with Crippen LogP contribution in [0.15, 0.2) is 54.6 Å². The molecule has 0 spiro atoms. The molecule has 3 nitrogen and oxygen atoms in total. The molecule has 0 bridgehead atoms. The molecule has 2 rings (SSSR count). The topological polar surface area (TPSA) is 21.7 Å². The Kier molecular flexibility index (Phi) is 5.50. The van der Waals surface area contributed by atoms with E-state index in [4.69, 9.17) is 9.47 Å². The van der Waals surface area contributed by atoms with E-state index >= 15 is 0 Å². The molecule has 0 heterocycles. The number of ether oxygens (including phenoxy) is 2. The Balaban J connectivity index is 2.14. The van der Waals surface area contributed by atoms with Crippen molar-refractivity contribution >= 4 is 5.69 Å². The summed E-state index contributed by atoms with van der Waals surface area (Å²) in [6.07, 6.45) is -0.0704. The van der Waals surface area contributed by atoms with Gasteiger partial charge in [-0.05, 0) is 45.0 Å². The van der Waals surface area contributed by atoms with Crippen LogP contribution >= 0.6 is 0 Å². The molecule has 0 N–H and O–H groups in total. The van der Waals surface area contributed by atoms with Crippen molar-refractivity contribution in [3.05, 3.63) is 54.6 Å². The molecular weight excluding hydrogens is 262 g/mol. The molecule has 112 valence electrons. The molecule has 1 atom stereocenters. The lowest BCUT2D eigenvalue weighted by atomic mass is 10.2. The fraction of sp³-hybridized carbons (Fsp3) is 0.333. The minimum absolute atomic E-state index is 0.0704. The van der Waals surface area contributed by atoms with E-state index in [9.17, 15) is 0 Å². The van der Waals surface area contributed by atoms with Gasteiger partial charge >= 0.3 is 0 Å². The number of para-hydroxylation sites is 3. The monoisotopic (exact) mass is 285 g/mol. The van der Waals surface area contributed by atoms with Crippen LogP contribution in [0.3, 0.4) is 0 Å². The van der Waals surface area contributed by atoms with Gasteiger partial charge < -0.3 is 14.4 Å². The average molecular weight is 285 g/mol. The van der Waals surface area contributed by atoms with Crippen LogP contribution in [0.1, 0.15) is 20.8 Å². The first-order valence-corrected chi connectivity index (χ1v) is 7.46. The Hall–Kier alpha value is -2.16. The van der Waals surface area contributed by atoms with Crippen LogP contribution in [-0.4, -0.2) is 19.4 Å². The second-order valence-corrected chi connectivity index (χ2v) is 4.72. The standard InChI is InChI=1S/C18H23NO2/c1-4-19(16-11-7-6-8-12-16)15(3)21-18-14-10-9-13-17(18)20-5-2/h6-15H,4-5H2,1-3H3. The van der Waals surface area contributed by atoms with E-state index in [2.05, 4.69) is 30.9 Å². The quantitative estimate of drug-likeness (QED) is 0.706. The number of benzene rings is 2. The number of nitrogens with zero attached hydrogens (tertiary/aromatic N) is 1. The zero-order valence-electron chi connectivity index (χ0n) is 13.0. The van der Waals surface area contributed by atoms with E-state index in [0.29, 0.717) is 6.61 Å². The highest BCUT2D eigenvalue weighted by atomic mass is 16.5. The van der Waals surface area contributed by atoms with Crippen molar-refractivity contribution in [3.63, 3.8) is 0 Å². The number of rotatable bonds is 7. The molecule has 0 aliphatic heterocycles. The Morgan fingerprint density at radius 3 is 2.14 bits per heavy atom. The Labute approximate surface area is 127 Å². The molecule has 2 aromatic rings. The predicted molar refractivity (Wildman–Crippen MR) is 87.2 cm³/mol. The van der Waals surface area contributed by atoms with Gasteiger partial charge in [-0.1, -0.05) is 30.3 Å². The maximum absolute atomic E-state index is 6.11. The number of hydrogen-bond donors (Lipinski definition) is 0. The van der Waals surface area contributed by atoms with Gasteiger partial charge in [0.15, 0.2) is 17.7 Å². The molecule has 0 aromatic heterocycles. The minimum Gasteiger partial charge on any atom is -0.490 e. The first-order chi connectivity index (χ1) is 10.3. The van der Waals surface area contributed by atoms with Crippen molar-refractivity contribution in [1.82, 2.24) is 0 Å². The number of hydrogen-bond acceptors (Lipinski definition) is 3. The third kappa shape index (κ3) is 3.91. The molecular formula is C18H23NO2. The highest BCUT2D eigenvalue weighted by Gasteiger charge is 2.15. The largest absolute Gasteiger partial charge is 0.490 e. The summed E-state index contributed by atoms with van der Waals surface area (Å²) in [6, 6.07) is 18.1. The summed E-state index contributed by atoms with van der Waals surface area (Å²) in [5, 5.41) is 0. The van der Waals surface area contributed by atoms with Gasteiger partial charge in [-0.2, -0.15) is 0 Å². The van der Waals surface area contributed by atoms with Crippen molar-refractivity contribution in [2.24, 2.45) is 0 Å². The van der Waals surface area contributed by atoms with E-state index in [-0.39, 0.29) is 6.23 Å². The van der Waals surface area contributed by atoms with Gasteiger partial charge in [0.25, 0.3) is 0 Å². The van der Waals surface area contributed by atoms with Crippen LogP contribution in [0.4, 0.5) is 5.69 Å². The predicted octanol–water partition coefficient (Wildman–Crippen LogP) is 4.34. The van der Waals surface area contributed by atoms with E-state index in [0.717, 1.165) is 23.7 Å². The summed E-state index contributed by atoms with van der Waals surface area (Å²) in [5.41, 5.74) is 1.15. The third-order valence-electron chi connectivity index (χ3n) is 3.31. The SMILES string of the molecule is CCOc1ccccc1OC(C)N(CC)c1ccccc1. The molecule has 21 heavy (non-hydrogen) atoms. The first-order valence-electron chi connectivity index (χ1n) is 7.46. The molecule has 0 saturated heterocycles. The van der Waals surface area contributed by atoms with Gasteiger partial charge in [0, 0.05) is 12.2 Å². The summed E-state index contributed by atoms with van der Waals surface area (Å²) in [7, 11) is 0. The lowest BCUT2D eigenvalue weighted by molar-refractivity contribution is 0.202. The zero-order chi connectivity index (χ0) is 15.1. The smallest absolute Gasteiger partial charge is 0.169 e. The van der Waals surface area contributed by atoms with Gasteiger partial charge in [-0.25, -0.2) is 0 Å². The molecule has 0 saturated carbocycles. The summed E-state index contributed by atoms with van der Waals surface area (Å²) in [6.45, 7) is 7.66. The third-order valence-corrected chi connectivity index (χ3v) is 3.31. The molecule has 0 amide bonds. The van der Waals surface area contributed by atoms with Gasteiger partial charge in [0.1, 0.15) is 0 Å². The van der Waals surface area contributed by atoms with Crippen molar-refractivity contribution in [1.29, 1.82) is 0 Å². The summed E-state index contributed by atoms with van der Waals surface area (Å²) >= 11 is 0. The maximum Gasteiger partial charge on any atom is 0.169 e. The van der Waals surface area contributed by atoms with Crippen molar-refractivity contribution in [3.8, 4) is 11.5 Å². The van der Waals surface area contributed by atoms with Crippen LogP contribution in [0.2, 0.25) is 0 Å². The molecule has 3 heteroatoms. The fourth-order valence-corrected chi connectivity index (χ4v) is 2.34. The zero-order valence-corrected chi connectivity index (χ0v) is 13.0. The van der Waals surface area contributed by atoms with Crippen LogP contribution < -0.4 is 14.4 Å². The van der Waals surface area contributed by atoms with Gasteiger partial charge in [-0.3, -0.25) is 0 Å². The van der Waals surface area contributed by atoms with Crippen molar-refractivity contribution < 1.29 is 9.47 Å². The molecule has 0 aliphatic rings. The second kappa shape index (κ2) is 7.58. The van der Waals surface area contributed by atoms with Crippen LogP contribution in [-0.2, 0) is 0 Å². The minimum atomic E-state index is -0.0704. The Bertz CT molecular complexity index is 542. The van der Waals surface area contributed by atoms with E-state index in [1.165, 1.54) is 0 Å². The van der Waals surface area contributed by atoms with Crippen molar-refractivity contribution in [2.75, 3.05) is 18.1 Å². The lowest BCUT2D eigenvalue weighted by Crippen LogP contribution is -2.37. The summed E-state index contributed by atoms with van der Waals surface area (Å²) in [5.74, 6) is 1.57. The van der Waals surface area contributed by atoms with E-state index in [1.807, 2.05) is 49.4 Å². The highest BCUT2D eigenvalue weighted by Crippen LogP contribution is 2.28. The summed E-state index contributed by atoms with van der Waals surface area (Å²) < 4.78 is 11.7. The molecule has 0 radical (unpaired) electrons. The Morgan fingerprint density at radius 1 is 0.905 bits per heavy atom. The highest BCUT2D eigenvalue weighted by molar-refractivity contribution is 5.47. The van der Waals surface area contributed by atoms with Gasteiger partial charge in [-0.15, -0.1) is 0 Å². The molecule has 0 fully saturated rings. The molecule has 0 aliphatic carbocycles. The fourth-order valence-electron chi connectivity index (χ4n) is 2.34. The van der Waals surface area contributed by atoms with Gasteiger partial charge in [0.05, 0.1) is 6.61 Å². The van der Waals surface area contributed by atoms with E-state index < -0.39 is 0 Å². The molecule has 2 aromatic carbocycles. The van der Waals surface area contributed by atoms with Crippen LogP contribution in [0.5, 0.6) is 11.5 Å². The van der Waals surface area contributed by atoms with Gasteiger partial charge in [0.2, 0.25) is 0 Å². The van der Waals surface area contributed by atoms with Crippen LogP contribution in [0, 0.1) is 0 Å². The average Bonchev–Trinajstić information content (AvgIpc) is 2.51. The maximum atomic E-state index is 6.11. The lowest BCUT2D eigenvalue weighted by Gasteiger charge is -2.30.